The van der Waals surface area contributed by atoms with Gasteiger partial charge in [-0.1, -0.05) is 35.5 Å². The van der Waals surface area contributed by atoms with Gasteiger partial charge in [0.2, 0.25) is 11.1 Å². The van der Waals surface area contributed by atoms with E-state index in [0.29, 0.717) is 21.6 Å². The number of nitrogens with two attached hydrogens (primary N) is 1. The van der Waals surface area contributed by atoms with Crippen molar-refractivity contribution in [1.82, 2.24) is 14.9 Å². The third-order valence-electron chi connectivity index (χ3n) is 3.48. The Balaban J connectivity index is 1.64. The maximum atomic E-state index is 12.4. The third kappa shape index (κ3) is 4.90. The number of hydrogen-bond acceptors (Lipinski definition) is 6. The summed E-state index contributed by atoms with van der Waals surface area (Å²) in [6.45, 7) is -2.99. The lowest BCUT2D eigenvalue weighted by Gasteiger charge is -2.11. The minimum atomic E-state index is -2.99. The van der Waals surface area contributed by atoms with Crippen LogP contribution in [0.25, 0.3) is 11.4 Å². The summed E-state index contributed by atoms with van der Waals surface area (Å²) in [6.07, 6.45) is 0. The van der Waals surface area contributed by atoms with Crippen molar-refractivity contribution in [3.05, 3.63) is 53.6 Å². The van der Waals surface area contributed by atoms with Crippen LogP contribution >= 0.6 is 23.4 Å². The van der Waals surface area contributed by atoms with Gasteiger partial charge in [-0.2, -0.15) is 8.78 Å². The summed E-state index contributed by atoms with van der Waals surface area (Å²) in [4.78, 5) is 12.2. The summed E-state index contributed by atoms with van der Waals surface area (Å²) in [7, 11) is 0. The molecule has 1 aromatic heterocycles. The van der Waals surface area contributed by atoms with Crippen molar-refractivity contribution in [2.45, 2.75) is 11.8 Å². The van der Waals surface area contributed by atoms with Gasteiger partial charge in [0, 0.05) is 10.6 Å². The van der Waals surface area contributed by atoms with Crippen molar-refractivity contribution >= 4 is 35.0 Å². The molecule has 3 rings (SSSR count). The summed E-state index contributed by atoms with van der Waals surface area (Å²) < 4.78 is 30.5. The molecule has 7 nitrogen and oxygen atoms in total. The Hall–Kier alpha value is -2.85. The predicted molar refractivity (Wildman–Crippen MR) is 103 cm³/mol. The van der Waals surface area contributed by atoms with Crippen LogP contribution in [-0.4, -0.2) is 33.1 Å². The molecule has 0 saturated carbocycles. The molecule has 0 fully saturated rings. The van der Waals surface area contributed by atoms with Gasteiger partial charge in [-0.15, -0.1) is 10.2 Å². The van der Waals surface area contributed by atoms with E-state index in [4.69, 9.17) is 17.4 Å². The number of nitrogens with one attached hydrogen (secondary N) is 1. The molecule has 28 heavy (non-hydrogen) atoms. The first-order chi connectivity index (χ1) is 13.4. The standard InChI is InChI=1S/C17H14ClF2N5O2S/c18-11-7-5-10(6-8-11)15-23-24-17(25(15)21)28-9-14(26)22-12-3-1-2-4-13(12)27-16(19)20/h1-8,16H,9,21H2,(H,22,26). The van der Waals surface area contributed by atoms with Gasteiger partial charge in [-0.3, -0.25) is 4.79 Å². The lowest BCUT2D eigenvalue weighted by Crippen LogP contribution is -2.17. The van der Waals surface area contributed by atoms with E-state index in [0.717, 1.165) is 11.8 Å². The van der Waals surface area contributed by atoms with Crippen LogP contribution in [0.3, 0.4) is 0 Å². The summed E-state index contributed by atoms with van der Waals surface area (Å²) in [6, 6.07) is 12.8. The molecule has 1 amide bonds. The zero-order valence-electron chi connectivity index (χ0n) is 14.2. The molecule has 146 valence electrons. The van der Waals surface area contributed by atoms with Crippen molar-refractivity contribution in [3.8, 4) is 17.1 Å². The smallest absolute Gasteiger partial charge is 0.387 e. The number of hydrogen-bond donors (Lipinski definition) is 2. The topological polar surface area (TPSA) is 95.1 Å². The molecule has 0 radical (unpaired) electrons. The van der Waals surface area contributed by atoms with Gasteiger partial charge >= 0.3 is 6.61 Å². The number of anilines is 1. The molecule has 0 saturated heterocycles. The second kappa shape index (κ2) is 8.89. The maximum absolute atomic E-state index is 12.4. The number of nitrogens with zero attached hydrogens (tertiary/aromatic N) is 3. The Morgan fingerprint density at radius 3 is 2.64 bits per heavy atom. The highest BCUT2D eigenvalue weighted by Crippen LogP contribution is 2.26. The summed E-state index contributed by atoms with van der Waals surface area (Å²) in [5, 5.41) is 11.4. The van der Waals surface area contributed by atoms with E-state index in [2.05, 4.69) is 20.3 Å². The van der Waals surface area contributed by atoms with Crippen molar-refractivity contribution in [2.24, 2.45) is 0 Å². The van der Waals surface area contributed by atoms with Gasteiger partial charge in [0.15, 0.2) is 5.82 Å². The van der Waals surface area contributed by atoms with Crippen LogP contribution in [0.5, 0.6) is 5.75 Å². The number of para-hydroxylation sites is 2. The normalized spacial score (nSPS) is 10.9. The lowest BCUT2D eigenvalue weighted by atomic mass is 10.2. The largest absolute Gasteiger partial charge is 0.433 e. The monoisotopic (exact) mass is 425 g/mol. The van der Waals surface area contributed by atoms with Gasteiger partial charge < -0.3 is 15.9 Å². The summed E-state index contributed by atoms with van der Waals surface area (Å²) in [5.74, 6) is 5.79. The summed E-state index contributed by atoms with van der Waals surface area (Å²) in [5.41, 5.74) is 0.859. The van der Waals surface area contributed by atoms with E-state index in [9.17, 15) is 13.6 Å². The van der Waals surface area contributed by atoms with E-state index < -0.39 is 12.5 Å². The number of carbonyl (C=O) groups is 1. The number of halogens is 3. The number of aromatic nitrogens is 3. The average Bonchev–Trinajstić information content (AvgIpc) is 3.02. The SMILES string of the molecule is Nn1c(SCC(=O)Nc2ccccc2OC(F)F)nnc1-c1ccc(Cl)cc1. The third-order valence-corrected chi connectivity index (χ3v) is 4.67. The highest BCUT2D eigenvalue weighted by Gasteiger charge is 2.15. The Labute approximate surface area is 167 Å². The molecule has 3 aromatic rings. The average molecular weight is 426 g/mol. The molecule has 0 aliphatic carbocycles. The quantitative estimate of drug-likeness (QED) is 0.443. The number of alkyl halides is 2. The van der Waals surface area contributed by atoms with Gasteiger partial charge in [-0.05, 0) is 36.4 Å². The van der Waals surface area contributed by atoms with Crippen LogP contribution in [-0.2, 0) is 4.79 Å². The van der Waals surface area contributed by atoms with E-state index in [1.165, 1.54) is 22.9 Å². The van der Waals surface area contributed by atoms with Crippen LogP contribution in [0.15, 0.2) is 53.7 Å². The molecule has 11 heteroatoms. The zero-order chi connectivity index (χ0) is 20.1. The zero-order valence-corrected chi connectivity index (χ0v) is 15.8. The first-order valence-corrected chi connectivity index (χ1v) is 9.23. The first-order valence-electron chi connectivity index (χ1n) is 7.87. The molecule has 2 aromatic carbocycles. The molecule has 3 N–H and O–H groups in total. The van der Waals surface area contributed by atoms with Gasteiger partial charge in [0.25, 0.3) is 0 Å². The number of nitrogen functional groups attached to an aromatic ring is 1. The number of carbonyl (C=O) groups excluding carboxylic acids is 1. The Morgan fingerprint density at radius 1 is 1.21 bits per heavy atom. The fourth-order valence-electron chi connectivity index (χ4n) is 2.26. The van der Waals surface area contributed by atoms with E-state index in [1.807, 2.05) is 0 Å². The van der Waals surface area contributed by atoms with Crippen molar-refractivity contribution in [3.63, 3.8) is 0 Å². The molecule has 0 aliphatic heterocycles. The van der Waals surface area contributed by atoms with Crippen molar-refractivity contribution in [2.75, 3.05) is 16.9 Å². The van der Waals surface area contributed by atoms with Crippen molar-refractivity contribution in [1.29, 1.82) is 0 Å². The fraction of sp³-hybridized carbons (Fsp3) is 0.118. The second-order valence-corrected chi connectivity index (χ2v) is 6.77. The van der Waals surface area contributed by atoms with Crippen LogP contribution in [0.2, 0.25) is 5.02 Å². The highest BCUT2D eigenvalue weighted by molar-refractivity contribution is 7.99. The Morgan fingerprint density at radius 2 is 1.93 bits per heavy atom. The van der Waals surface area contributed by atoms with Crippen LogP contribution in [0.1, 0.15) is 0 Å². The number of amides is 1. The van der Waals surface area contributed by atoms with E-state index >= 15 is 0 Å². The Bertz CT molecular complexity index is 968. The van der Waals surface area contributed by atoms with Gasteiger partial charge in [0.1, 0.15) is 5.75 Å². The number of benzene rings is 2. The molecule has 1 heterocycles. The van der Waals surface area contributed by atoms with Crippen LogP contribution in [0, 0.1) is 0 Å². The first kappa shape index (κ1) is 19.9. The molecular weight excluding hydrogens is 412 g/mol. The number of ether oxygens (including phenoxy) is 1. The van der Waals surface area contributed by atoms with Crippen LogP contribution in [0.4, 0.5) is 14.5 Å². The molecule has 0 spiro atoms. The molecular formula is C17H14ClF2N5O2S. The minimum Gasteiger partial charge on any atom is -0.433 e. The molecule has 0 bridgehead atoms. The molecule has 0 atom stereocenters. The van der Waals surface area contributed by atoms with E-state index in [1.54, 1.807) is 30.3 Å². The predicted octanol–water partition coefficient (Wildman–Crippen LogP) is 3.64. The minimum absolute atomic E-state index is 0.0566. The van der Waals surface area contributed by atoms with Gasteiger partial charge in [-0.25, -0.2) is 4.68 Å². The second-order valence-electron chi connectivity index (χ2n) is 5.39. The highest BCUT2D eigenvalue weighted by atomic mass is 35.5. The number of rotatable bonds is 7. The van der Waals surface area contributed by atoms with E-state index in [-0.39, 0.29) is 17.2 Å². The lowest BCUT2D eigenvalue weighted by molar-refractivity contribution is -0.113. The summed E-state index contributed by atoms with van der Waals surface area (Å²) >= 11 is 6.91. The van der Waals surface area contributed by atoms with Crippen molar-refractivity contribution < 1.29 is 18.3 Å². The van der Waals surface area contributed by atoms with Gasteiger partial charge in [0.05, 0.1) is 11.4 Å². The fourth-order valence-corrected chi connectivity index (χ4v) is 3.04. The maximum Gasteiger partial charge on any atom is 0.387 e. The molecule has 0 aliphatic rings. The van der Waals surface area contributed by atoms with Crippen LogP contribution < -0.4 is 15.9 Å². The molecule has 0 unspecified atom stereocenters. The number of thioether (sulfide) groups is 1. The Kier molecular flexibility index (Phi) is 6.32.